The Hall–Kier alpha value is -2.25. The van der Waals surface area contributed by atoms with Crippen LogP contribution in [0.1, 0.15) is 10.5 Å². The molecule has 4 rings (SSSR count). The Bertz CT molecular complexity index is 875. The molecule has 8 heteroatoms. The number of aryl methyl sites for hydroxylation is 1. The number of nitrogens with one attached hydrogen (secondary N) is 1. The number of rotatable bonds is 2. The molecule has 3 heterocycles. The number of thiazole rings is 1. The largest absolute Gasteiger partial charge is 0.486 e. The highest BCUT2D eigenvalue weighted by atomic mass is 35.5. The van der Waals surface area contributed by atoms with Crippen molar-refractivity contribution < 1.29 is 14.3 Å². The third-order valence-electron chi connectivity index (χ3n) is 3.48. The van der Waals surface area contributed by atoms with Crippen LogP contribution < -0.4 is 14.8 Å². The van der Waals surface area contributed by atoms with Crippen LogP contribution in [-0.4, -0.2) is 28.7 Å². The quantitative estimate of drug-likeness (QED) is 0.770. The van der Waals surface area contributed by atoms with Crippen LogP contribution >= 0.6 is 22.9 Å². The molecule has 0 saturated heterocycles. The second-order valence-corrected chi connectivity index (χ2v) is 6.56. The summed E-state index contributed by atoms with van der Waals surface area (Å²) < 4.78 is 13.7. The van der Waals surface area contributed by atoms with E-state index in [-0.39, 0.29) is 5.91 Å². The van der Waals surface area contributed by atoms with Gasteiger partial charge in [-0.1, -0.05) is 22.9 Å². The lowest BCUT2D eigenvalue weighted by Gasteiger charge is -2.17. The van der Waals surface area contributed by atoms with Crippen molar-refractivity contribution in [2.45, 2.75) is 0 Å². The maximum atomic E-state index is 12.3. The van der Waals surface area contributed by atoms with Crippen LogP contribution in [0.4, 0.5) is 5.13 Å². The zero-order chi connectivity index (χ0) is 16.0. The van der Waals surface area contributed by atoms with Crippen molar-refractivity contribution in [3.8, 4) is 11.5 Å². The molecule has 1 aliphatic heterocycles. The third kappa shape index (κ3) is 2.62. The van der Waals surface area contributed by atoms with E-state index in [2.05, 4.69) is 10.3 Å². The Labute approximate surface area is 140 Å². The number of hydrogen-bond acceptors (Lipinski definition) is 5. The lowest BCUT2D eigenvalue weighted by molar-refractivity contribution is 0.101. The Balaban J connectivity index is 1.64. The summed E-state index contributed by atoms with van der Waals surface area (Å²) in [5.74, 6) is 1.14. The van der Waals surface area contributed by atoms with E-state index in [9.17, 15) is 4.79 Å². The molecule has 0 radical (unpaired) electrons. The van der Waals surface area contributed by atoms with E-state index < -0.39 is 0 Å². The first-order chi connectivity index (χ1) is 11.1. The number of anilines is 1. The second kappa shape index (κ2) is 5.43. The average molecular weight is 350 g/mol. The molecule has 118 valence electrons. The topological polar surface area (TPSA) is 65.4 Å². The maximum absolute atomic E-state index is 12.3. The molecule has 0 unspecified atom stereocenters. The van der Waals surface area contributed by atoms with Crippen molar-refractivity contribution in [1.82, 2.24) is 9.55 Å². The molecule has 6 nitrogen and oxygen atoms in total. The van der Waals surface area contributed by atoms with E-state index in [1.54, 1.807) is 23.9 Å². The van der Waals surface area contributed by atoms with Crippen LogP contribution in [0.2, 0.25) is 5.02 Å². The molecule has 23 heavy (non-hydrogen) atoms. The molecule has 0 atom stereocenters. The molecular formula is C15H12ClN3O3S. The van der Waals surface area contributed by atoms with Gasteiger partial charge in [-0.05, 0) is 6.07 Å². The zero-order valence-corrected chi connectivity index (χ0v) is 13.7. The van der Waals surface area contributed by atoms with Gasteiger partial charge in [0, 0.05) is 25.4 Å². The van der Waals surface area contributed by atoms with Gasteiger partial charge in [0.25, 0.3) is 5.91 Å². The summed E-state index contributed by atoms with van der Waals surface area (Å²) in [5.41, 5.74) is 1.24. The Morgan fingerprint density at radius 2 is 2.04 bits per heavy atom. The lowest BCUT2D eigenvalue weighted by atomic mass is 10.3. The highest BCUT2D eigenvalue weighted by molar-refractivity contribution is 7.22. The van der Waals surface area contributed by atoms with Gasteiger partial charge in [-0.3, -0.25) is 10.1 Å². The first-order valence-corrected chi connectivity index (χ1v) is 8.13. The highest BCUT2D eigenvalue weighted by Gasteiger charge is 2.17. The molecule has 0 bridgehead atoms. The van der Waals surface area contributed by atoms with Crippen molar-refractivity contribution >= 4 is 44.2 Å². The van der Waals surface area contributed by atoms with Gasteiger partial charge in [0.1, 0.15) is 18.9 Å². The molecule has 1 aliphatic rings. The Morgan fingerprint density at radius 3 is 2.74 bits per heavy atom. The Kier molecular flexibility index (Phi) is 3.39. The fourth-order valence-electron chi connectivity index (χ4n) is 2.43. The summed E-state index contributed by atoms with van der Waals surface area (Å²) >= 11 is 7.29. The van der Waals surface area contributed by atoms with Crippen molar-refractivity contribution in [1.29, 1.82) is 0 Å². The summed E-state index contributed by atoms with van der Waals surface area (Å²) in [6, 6.07) is 5.33. The van der Waals surface area contributed by atoms with Crippen molar-refractivity contribution in [3.63, 3.8) is 0 Å². The molecule has 0 spiro atoms. The van der Waals surface area contributed by atoms with Crippen LogP contribution in [0.15, 0.2) is 24.4 Å². The molecule has 0 fully saturated rings. The minimum absolute atomic E-state index is 0.254. The number of aromatic nitrogens is 2. The number of carbonyl (C=O) groups is 1. The SMILES string of the molecule is Cn1cc(Cl)cc1C(=O)Nc1nc2cc3c(cc2s1)OCCO3. The first-order valence-electron chi connectivity index (χ1n) is 6.93. The number of amides is 1. The number of hydrogen-bond donors (Lipinski definition) is 1. The van der Waals surface area contributed by atoms with Crippen LogP contribution in [0, 0.1) is 0 Å². The third-order valence-corrected chi connectivity index (χ3v) is 4.62. The van der Waals surface area contributed by atoms with Gasteiger partial charge < -0.3 is 14.0 Å². The van der Waals surface area contributed by atoms with Gasteiger partial charge in [-0.15, -0.1) is 0 Å². The van der Waals surface area contributed by atoms with E-state index >= 15 is 0 Å². The van der Waals surface area contributed by atoms with E-state index in [1.807, 2.05) is 12.1 Å². The summed E-state index contributed by atoms with van der Waals surface area (Å²) in [5, 5.41) is 3.84. The predicted molar refractivity (Wildman–Crippen MR) is 89.0 cm³/mol. The predicted octanol–water partition coefficient (Wildman–Crippen LogP) is 3.31. The zero-order valence-electron chi connectivity index (χ0n) is 12.1. The smallest absolute Gasteiger partial charge is 0.274 e. The van der Waals surface area contributed by atoms with E-state index in [4.69, 9.17) is 21.1 Å². The number of fused-ring (bicyclic) bond motifs is 2. The fraction of sp³-hybridized carbons (Fsp3) is 0.200. The number of halogens is 1. The molecule has 0 saturated carbocycles. The van der Waals surface area contributed by atoms with Crippen LogP contribution in [-0.2, 0) is 7.05 Å². The van der Waals surface area contributed by atoms with E-state index in [0.29, 0.717) is 40.6 Å². The Morgan fingerprint density at radius 1 is 1.30 bits per heavy atom. The average Bonchev–Trinajstić information content (AvgIpc) is 3.06. The van der Waals surface area contributed by atoms with Crippen molar-refractivity contribution in [2.24, 2.45) is 7.05 Å². The van der Waals surface area contributed by atoms with Crippen molar-refractivity contribution in [3.05, 3.63) is 35.1 Å². The molecule has 2 aromatic heterocycles. The second-order valence-electron chi connectivity index (χ2n) is 5.09. The van der Waals surface area contributed by atoms with Crippen LogP contribution in [0.5, 0.6) is 11.5 Å². The monoisotopic (exact) mass is 349 g/mol. The van der Waals surface area contributed by atoms with Gasteiger partial charge >= 0.3 is 0 Å². The lowest BCUT2D eigenvalue weighted by Crippen LogP contribution is -2.15. The minimum Gasteiger partial charge on any atom is -0.486 e. The molecule has 0 aliphatic carbocycles. The first kappa shape index (κ1) is 14.3. The maximum Gasteiger partial charge on any atom is 0.274 e. The summed E-state index contributed by atoms with van der Waals surface area (Å²) in [6.07, 6.45) is 1.68. The summed E-state index contributed by atoms with van der Waals surface area (Å²) in [4.78, 5) is 16.7. The van der Waals surface area contributed by atoms with Gasteiger partial charge in [-0.25, -0.2) is 4.98 Å². The van der Waals surface area contributed by atoms with Gasteiger partial charge in [0.2, 0.25) is 0 Å². The van der Waals surface area contributed by atoms with E-state index in [1.165, 1.54) is 11.3 Å². The van der Waals surface area contributed by atoms with E-state index in [0.717, 1.165) is 10.2 Å². The summed E-state index contributed by atoms with van der Waals surface area (Å²) in [6.45, 7) is 1.07. The molecule has 3 aromatic rings. The highest BCUT2D eigenvalue weighted by Crippen LogP contribution is 2.37. The van der Waals surface area contributed by atoms with Gasteiger partial charge in [-0.2, -0.15) is 0 Å². The van der Waals surface area contributed by atoms with Crippen molar-refractivity contribution in [2.75, 3.05) is 18.5 Å². The molecular weight excluding hydrogens is 338 g/mol. The number of benzene rings is 1. The summed E-state index contributed by atoms with van der Waals surface area (Å²) in [7, 11) is 1.77. The molecule has 1 amide bonds. The number of carbonyl (C=O) groups excluding carboxylic acids is 1. The van der Waals surface area contributed by atoms with Crippen LogP contribution in [0.3, 0.4) is 0 Å². The minimum atomic E-state index is -0.254. The normalized spacial score (nSPS) is 13.3. The standard InChI is InChI=1S/C15H12ClN3O3S/c1-19-7-8(16)4-10(19)14(20)18-15-17-9-5-11-12(6-13(9)23-15)22-3-2-21-11/h4-7H,2-3H2,1H3,(H,17,18,20). The van der Waals surface area contributed by atoms with Gasteiger partial charge in [0.05, 0.1) is 15.2 Å². The van der Waals surface area contributed by atoms with Crippen LogP contribution in [0.25, 0.3) is 10.2 Å². The number of ether oxygens (including phenoxy) is 2. The molecule has 1 aromatic carbocycles. The molecule has 1 N–H and O–H groups in total. The van der Waals surface area contributed by atoms with Gasteiger partial charge in [0.15, 0.2) is 16.6 Å². The number of nitrogens with zero attached hydrogens (tertiary/aromatic N) is 2. The fourth-order valence-corrected chi connectivity index (χ4v) is 3.55.